The van der Waals surface area contributed by atoms with Crippen molar-refractivity contribution in [1.29, 1.82) is 0 Å². The Morgan fingerprint density at radius 2 is 2.05 bits per heavy atom. The van der Waals surface area contributed by atoms with Gasteiger partial charge in [0.05, 0.1) is 12.2 Å². The van der Waals surface area contributed by atoms with Crippen LogP contribution >= 0.6 is 0 Å². The van der Waals surface area contributed by atoms with Crippen LogP contribution in [-0.2, 0) is 9.53 Å². The zero-order chi connectivity index (χ0) is 14.2. The monoisotopic (exact) mass is 282 g/mol. The Morgan fingerprint density at radius 3 is 2.65 bits per heavy atom. The third kappa shape index (κ3) is 2.47. The van der Waals surface area contributed by atoms with Crippen molar-refractivity contribution < 1.29 is 14.6 Å². The van der Waals surface area contributed by atoms with Gasteiger partial charge in [-0.3, -0.25) is 9.69 Å². The minimum atomic E-state index is -0.689. The van der Waals surface area contributed by atoms with Crippen LogP contribution in [0.4, 0.5) is 0 Å². The van der Waals surface area contributed by atoms with Crippen LogP contribution in [0, 0.1) is 5.92 Å². The molecule has 2 N–H and O–H groups in total. The van der Waals surface area contributed by atoms with Crippen molar-refractivity contribution in [2.24, 2.45) is 5.92 Å². The minimum Gasteiger partial charge on any atom is -0.480 e. The van der Waals surface area contributed by atoms with Crippen molar-refractivity contribution >= 4 is 5.97 Å². The largest absolute Gasteiger partial charge is 0.480 e. The fourth-order valence-electron chi connectivity index (χ4n) is 4.41. The number of hydrogen-bond acceptors (Lipinski definition) is 4. The maximum atomic E-state index is 11.6. The lowest BCUT2D eigenvalue weighted by molar-refractivity contribution is -0.146. The quantitative estimate of drug-likeness (QED) is 0.790. The van der Waals surface area contributed by atoms with Crippen LogP contribution in [0.5, 0.6) is 0 Å². The topological polar surface area (TPSA) is 61.8 Å². The van der Waals surface area contributed by atoms with Gasteiger partial charge in [-0.05, 0) is 51.6 Å². The molecule has 0 aromatic heterocycles. The maximum Gasteiger partial charge on any atom is 0.324 e. The van der Waals surface area contributed by atoms with Crippen LogP contribution in [-0.4, -0.2) is 60.4 Å². The van der Waals surface area contributed by atoms with Gasteiger partial charge in [0.15, 0.2) is 0 Å². The Bertz CT molecular complexity index is 364. The Kier molecular flexibility index (Phi) is 4.02. The minimum absolute atomic E-state index is 0.255. The number of carbonyl (C=O) groups is 1. The zero-order valence-corrected chi connectivity index (χ0v) is 12.3. The smallest absolute Gasteiger partial charge is 0.324 e. The summed E-state index contributed by atoms with van der Waals surface area (Å²) in [6, 6.07) is 0. The molecule has 1 aliphatic carbocycles. The first-order valence-electron chi connectivity index (χ1n) is 7.94. The summed E-state index contributed by atoms with van der Waals surface area (Å²) < 4.78 is 5.85. The highest BCUT2D eigenvalue weighted by molar-refractivity contribution is 5.79. The van der Waals surface area contributed by atoms with Gasteiger partial charge in [0.2, 0.25) is 0 Å². The van der Waals surface area contributed by atoms with E-state index in [9.17, 15) is 9.90 Å². The zero-order valence-electron chi connectivity index (χ0n) is 12.3. The Balaban J connectivity index is 1.56. The molecule has 2 bridgehead atoms. The number of carboxylic acid groups (broad SMARTS) is 1. The van der Waals surface area contributed by atoms with Crippen molar-refractivity contribution in [2.75, 3.05) is 26.7 Å². The molecule has 3 aliphatic rings. The van der Waals surface area contributed by atoms with Crippen LogP contribution < -0.4 is 5.32 Å². The van der Waals surface area contributed by atoms with Gasteiger partial charge in [0, 0.05) is 13.1 Å². The SMILES string of the molecule is CNC1(C(=O)O)CCCC1CCN1CC2CCC(C1)O2. The number of morpholine rings is 1. The third-order valence-electron chi connectivity index (χ3n) is 5.56. The lowest BCUT2D eigenvalue weighted by Gasteiger charge is -2.35. The molecule has 4 atom stereocenters. The van der Waals surface area contributed by atoms with Crippen LogP contribution in [0.3, 0.4) is 0 Å². The summed E-state index contributed by atoms with van der Waals surface area (Å²) in [7, 11) is 1.79. The van der Waals surface area contributed by atoms with Crippen LogP contribution in [0.25, 0.3) is 0 Å². The summed E-state index contributed by atoms with van der Waals surface area (Å²) in [5.41, 5.74) is -0.689. The highest BCUT2D eigenvalue weighted by atomic mass is 16.5. The average Bonchev–Trinajstić information content (AvgIpc) is 3.00. The van der Waals surface area contributed by atoms with Crippen LogP contribution in [0.15, 0.2) is 0 Å². The summed E-state index contributed by atoms with van der Waals surface area (Å²) in [4.78, 5) is 14.1. The number of likely N-dealkylation sites (N-methyl/N-ethyl adjacent to an activating group) is 1. The predicted octanol–water partition coefficient (Wildman–Crippen LogP) is 1.08. The summed E-state index contributed by atoms with van der Waals surface area (Å²) in [6.45, 7) is 3.07. The van der Waals surface area contributed by atoms with Gasteiger partial charge in [0.1, 0.15) is 5.54 Å². The number of hydrogen-bond donors (Lipinski definition) is 2. The van der Waals surface area contributed by atoms with Crippen LogP contribution in [0.2, 0.25) is 0 Å². The molecule has 3 fully saturated rings. The molecule has 20 heavy (non-hydrogen) atoms. The number of aliphatic carboxylic acids is 1. The van der Waals surface area contributed by atoms with E-state index in [1.54, 1.807) is 7.05 Å². The molecule has 2 heterocycles. The fraction of sp³-hybridized carbons (Fsp3) is 0.933. The molecule has 5 heteroatoms. The molecule has 114 valence electrons. The van der Waals surface area contributed by atoms with Crippen molar-refractivity contribution in [3.05, 3.63) is 0 Å². The second-order valence-corrected chi connectivity index (χ2v) is 6.62. The summed E-state index contributed by atoms with van der Waals surface area (Å²) in [5.74, 6) is -0.421. The molecule has 0 radical (unpaired) electrons. The molecule has 2 aliphatic heterocycles. The van der Waals surface area contributed by atoms with Gasteiger partial charge >= 0.3 is 5.97 Å². The van der Waals surface area contributed by atoms with E-state index in [1.165, 1.54) is 12.8 Å². The van der Waals surface area contributed by atoms with Gasteiger partial charge in [0.25, 0.3) is 0 Å². The molecular formula is C15H26N2O3. The van der Waals surface area contributed by atoms with E-state index in [1.807, 2.05) is 0 Å². The van der Waals surface area contributed by atoms with E-state index < -0.39 is 11.5 Å². The molecule has 0 amide bonds. The molecule has 5 nitrogen and oxygen atoms in total. The highest BCUT2D eigenvalue weighted by Gasteiger charge is 2.48. The summed E-state index contributed by atoms with van der Waals surface area (Å²) in [5, 5.41) is 12.7. The summed E-state index contributed by atoms with van der Waals surface area (Å²) in [6.07, 6.45) is 7.03. The normalized spacial score (nSPS) is 41.1. The average molecular weight is 282 g/mol. The molecule has 2 saturated heterocycles. The number of ether oxygens (including phenoxy) is 1. The number of nitrogens with zero attached hydrogens (tertiary/aromatic N) is 1. The molecule has 4 unspecified atom stereocenters. The number of rotatable bonds is 5. The Morgan fingerprint density at radius 1 is 1.35 bits per heavy atom. The van der Waals surface area contributed by atoms with Crippen molar-refractivity contribution in [3.63, 3.8) is 0 Å². The van der Waals surface area contributed by atoms with E-state index in [0.717, 1.165) is 45.3 Å². The molecule has 0 spiro atoms. The lowest BCUT2D eigenvalue weighted by atomic mass is 9.84. The molecule has 1 saturated carbocycles. The lowest BCUT2D eigenvalue weighted by Crippen LogP contribution is -2.54. The summed E-state index contributed by atoms with van der Waals surface area (Å²) >= 11 is 0. The van der Waals surface area contributed by atoms with E-state index in [4.69, 9.17) is 4.74 Å². The van der Waals surface area contributed by atoms with Crippen molar-refractivity contribution in [2.45, 2.75) is 56.3 Å². The number of carboxylic acids is 1. The molecule has 0 aromatic rings. The Hall–Kier alpha value is -0.650. The van der Waals surface area contributed by atoms with E-state index >= 15 is 0 Å². The number of fused-ring (bicyclic) bond motifs is 2. The van der Waals surface area contributed by atoms with Crippen molar-refractivity contribution in [1.82, 2.24) is 10.2 Å². The van der Waals surface area contributed by atoms with Gasteiger partial charge in [-0.1, -0.05) is 6.42 Å². The number of likely N-dealkylation sites (tertiary alicyclic amines) is 1. The molecule has 0 aromatic carbocycles. The van der Waals surface area contributed by atoms with E-state index in [2.05, 4.69) is 10.2 Å². The van der Waals surface area contributed by atoms with Gasteiger partial charge in [-0.2, -0.15) is 0 Å². The van der Waals surface area contributed by atoms with E-state index in [0.29, 0.717) is 12.2 Å². The third-order valence-corrected chi connectivity index (χ3v) is 5.56. The van der Waals surface area contributed by atoms with Gasteiger partial charge < -0.3 is 15.2 Å². The first-order chi connectivity index (χ1) is 9.64. The number of nitrogens with one attached hydrogen (secondary N) is 1. The Labute approximate surface area is 120 Å². The predicted molar refractivity (Wildman–Crippen MR) is 75.7 cm³/mol. The highest BCUT2D eigenvalue weighted by Crippen LogP contribution is 2.38. The second kappa shape index (κ2) is 5.62. The maximum absolute atomic E-state index is 11.6. The molecule has 3 rings (SSSR count). The molecular weight excluding hydrogens is 256 g/mol. The van der Waals surface area contributed by atoms with Crippen LogP contribution in [0.1, 0.15) is 38.5 Å². The van der Waals surface area contributed by atoms with Gasteiger partial charge in [-0.15, -0.1) is 0 Å². The fourth-order valence-corrected chi connectivity index (χ4v) is 4.41. The first-order valence-corrected chi connectivity index (χ1v) is 7.94. The van der Waals surface area contributed by atoms with Crippen molar-refractivity contribution in [3.8, 4) is 0 Å². The van der Waals surface area contributed by atoms with E-state index in [-0.39, 0.29) is 5.92 Å². The first kappa shape index (κ1) is 14.3. The second-order valence-electron chi connectivity index (χ2n) is 6.62. The standard InChI is InChI=1S/C15H26N2O3/c1-16-15(14(18)19)7-2-3-11(15)6-8-17-9-12-4-5-13(10-17)20-12/h11-13,16H,2-10H2,1H3,(H,18,19). The van der Waals surface area contributed by atoms with Gasteiger partial charge in [-0.25, -0.2) is 0 Å².